The average molecular weight is 418 g/mol. The van der Waals surface area contributed by atoms with Crippen LogP contribution in [0.15, 0.2) is 46.0 Å². The van der Waals surface area contributed by atoms with Gasteiger partial charge in [-0.25, -0.2) is 0 Å². The van der Waals surface area contributed by atoms with Gasteiger partial charge in [0.1, 0.15) is 5.75 Å². The molecule has 28 heavy (non-hydrogen) atoms. The molecule has 0 aliphatic rings. The van der Waals surface area contributed by atoms with E-state index in [1.807, 2.05) is 39.0 Å². The maximum absolute atomic E-state index is 12.1. The van der Waals surface area contributed by atoms with Crippen molar-refractivity contribution in [2.45, 2.75) is 32.6 Å². The highest BCUT2D eigenvalue weighted by atomic mass is 35.5. The fourth-order valence-corrected chi connectivity index (χ4v) is 3.19. The molecule has 0 fully saturated rings. The molecule has 6 nitrogen and oxygen atoms in total. The number of benzene rings is 2. The van der Waals surface area contributed by atoms with Gasteiger partial charge in [-0.15, -0.1) is 10.2 Å². The van der Waals surface area contributed by atoms with E-state index in [-0.39, 0.29) is 18.3 Å². The summed E-state index contributed by atoms with van der Waals surface area (Å²) in [5.74, 6) is 1.10. The number of thioether (sulfide) groups is 1. The van der Waals surface area contributed by atoms with Gasteiger partial charge in [0, 0.05) is 10.7 Å². The molecule has 3 rings (SSSR count). The Morgan fingerprint density at radius 3 is 2.75 bits per heavy atom. The van der Waals surface area contributed by atoms with E-state index in [1.54, 1.807) is 18.2 Å². The van der Waals surface area contributed by atoms with Crippen LogP contribution in [0, 0.1) is 20.8 Å². The first kappa shape index (κ1) is 20.2. The van der Waals surface area contributed by atoms with E-state index in [2.05, 4.69) is 15.5 Å². The first-order valence-electron chi connectivity index (χ1n) is 8.63. The summed E-state index contributed by atoms with van der Waals surface area (Å²) < 4.78 is 11.3. The van der Waals surface area contributed by atoms with Gasteiger partial charge in [-0.05, 0) is 55.7 Å². The van der Waals surface area contributed by atoms with Crippen LogP contribution in [-0.2, 0) is 11.4 Å². The van der Waals surface area contributed by atoms with Crippen molar-refractivity contribution >= 4 is 35.0 Å². The van der Waals surface area contributed by atoms with Crippen molar-refractivity contribution in [1.82, 2.24) is 10.2 Å². The SMILES string of the molecule is Cc1cccc(OCc2nnc(SCC(=O)Nc3cccc(Cl)c3C)o2)c1C. The molecule has 0 saturated heterocycles. The molecule has 0 aliphatic carbocycles. The van der Waals surface area contributed by atoms with E-state index in [9.17, 15) is 4.79 Å². The predicted molar refractivity (Wildman–Crippen MR) is 110 cm³/mol. The third-order valence-corrected chi connectivity index (χ3v) is 5.45. The Labute approximate surface area is 172 Å². The number of anilines is 1. The fraction of sp³-hybridized carbons (Fsp3) is 0.250. The number of aromatic nitrogens is 2. The maximum Gasteiger partial charge on any atom is 0.277 e. The minimum atomic E-state index is -0.179. The van der Waals surface area contributed by atoms with Gasteiger partial charge in [0.05, 0.1) is 5.75 Å². The van der Waals surface area contributed by atoms with Gasteiger partial charge >= 0.3 is 0 Å². The number of carbonyl (C=O) groups is 1. The number of amides is 1. The summed E-state index contributed by atoms with van der Waals surface area (Å²) in [4.78, 5) is 12.1. The molecule has 0 unspecified atom stereocenters. The fourth-order valence-electron chi connectivity index (χ4n) is 2.43. The van der Waals surface area contributed by atoms with Gasteiger partial charge in [-0.1, -0.05) is 41.6 Å². The molecular weight excluding hydrogens is 398 g/mol. The lowest BCUT2D eigenvalue weighted by atomic mass is 10.1. The Kier molecular flexibility index (Phi) is 6.59. The molecule has 146 valence electrons. The van der Waals surface area contributed by atoms with E-state index >= 15 is 0 Å². The second-order valence-corrected chi connectivity index (χ2v) is 7.53. The van der Waals surface area contributed by atoms with Crippen molar-refractivity contribution < 1.29 is 13.9 Å². The minimum Gasteiger partial charge on any atom is -0.484 e. The number of hydrogen-bond acceptors (Lipinski definition) is 6. The Hall–Kier alpha value is -2.51. The lowest BCUT2D eigenvalue weighted by molar-refractivity contribution is -0.113. The monoisotopic (exact) mass is 417 g/mol. The van der Waals surface area contributed by atoms with Crippen molar-refractivity contribution in [2.75, 3.05) is 11.1 Å². The summed E-state index contributed by atoms with van der Waals surface area (Å²) >= 11 is 7.23. The van der Waals surface area contributed by atoms with Crippen LogP contribution in [0.1, 0.15) is 22.6 Å². The molecule has 0 atom stereocenters. The van der Waals surface area contributed by atoms with Gasteiger partial charge in [0.25, 0.3) is 11.1 Å². The molecule has 1 heterocycles. The van der Waals surface area contributed by atoms with Crippen LogP contribution < -0.4 is 10.1 Å². The highest BCUT2D eigenvalue weighted by molar-refractivity contribution is 7.99. The van der Waals surface area contributed by atoms with Gasteiger partial charge in [-0.3, -0.25) is 4.79 Å². The standard InChI is InChI=1S/C20H20ClN3O3S/c1-12-6-4-9-17(13(12)2)26-10-19-23-24-20(27-19)28-11-18(25)22-16-8-5-7-15(21)14(16)3/h4-9H,10-11H2,1-3H3,(H,22,25). The van der Waals surface area contributed by atoms with Crippen molar-refractivity contribution in [1.29, 1.82) is 0 Å². The molecule has 0 aliphatic heterocycles. The Balaban J connectivity index is 1.51. The summed E-state index contributed by atoms with van der Waals surface area (Å²) in [6.07, 6.45) is 0. The average Bonchev–Trinajstić information content (AvgIpc) is 3.13. The maximum atomic E-state index is 12.1. The van der Waals surface area contributed by atoms with Crippen molar-refractivity contribution in [2.24, 2.45) is 0 Å². The summed E-state index contributed by atoms with van der Waals surface area (Å²) in [5.41, 5.74) is 3.74. The molecule has 0 saturated carbocycles. The third kappa shape index (κ3) is 5.05. The predicted octanol–water partition coefficient (Wildman–Crippen LogP) is 4.96. The van der Waals surface area contributed by atoms with Gasteiger partial charge in [0.2, 0.25) is 5.91 Å². The van der Waals surface area contributed by atoms with Crippen LogP contribution in [-0.4, -0.2) is 21.9 Å². The second-order valence-electron chi connectivity index (χ2n) is 6.20. The van der Waals surface area contributed by atoms with Crippen LogP contribution in [0.5, 0.6) is 5.75 Å². The normalized spacial score (nSPS) is 10.7. The molecular formula is C20H20ClN3O3S. The summed E-state index contributed by atoms with van der Waals surface area (Å²) in [5, 5.41) is 11.7. The molecule has 3 aromatic rings. The molecule has 0 bridgehead atoms. The van der Waals surface area contributed by atoms with Gasteiger partial charge < -0.3 is 14.5 Å². The third-order valence-electron chi connectivity index (χ3n) is 4.22. The van der Waals surface area contributed by atoms with E-state index in [4.69, 9.17) is 20.8 Å². The highest BCUT2D eigenvalue weighted by Crippen LogP contribution is 2.24. The summed E-state index contributed by atoms with van der Waals surface area (Å²) in [7, 11) is 0. The zero-order chi connectivity index (χ0) is 20.1. The Morgan fingerprint density at radius 1 is 1.14 bits per heavy atom. The van der Waals surface area contributed by atoms with Crippen molar-refractivity contribution in [3.8, 4) is 5.75 Å². The van der Waals surface area contributed by atoms with Crippen LogP contribution in [0.4, 0.5) is 5.69 Å². The number of halogens is 1. The Morgan fingerprint density at radius 2 is 1.93 bits per heavy atom. The molecule has 8 heteroatoms. The molecule has 1 aromatic heterocycles. The first-order chi connectivity index (χ1) is 13.4. The lowest BCUT2D eigenvalue weighted by Crippen LogP contribution is -2.14. The van der Waals surface area contributed by atoms with E-state index in [0.29, 0.717) is 21.8 Å². The number of nitrogens with one attached hydrogen (secondary N) is 1. The number of nitrogens with zero attached hydrogens (tertiary/aromatic N) is 2. The number of ether oxygens (including phenoxy) is 1. The van der Waals surface area contributed by atoms with Crippen LogP contribution in [0.3, 0.4) is 0 Å². The van der Waals surface area contributed by atoms with Crippen molar-refractivity contribution in [3.63, 3.8) is 0 Å². The van der Waals surface area contributed by atoms with Crippen LogP contribution in [0.25, 0.3) is 0 Å². The zero-order valence-electron chi connectivity index (χ0n) is 15.8. The van der Waals surface area contributed by atoms with Gasteiger partial charge in [-0.2, -0.15) is 0 Å². The van der Waals surface area contributed by atoms with Crippen LogP contribution >= 0.6 is 23.4 Å². The number of carbonyl (C=O) groups excluding carboxylic acids is 1. The quantitative estimate of drug-likeness (QED) is 0.547. The number of aryl methyl sites for hydroxylation is 1. The Bertz CT molecular complexity index is 991. The molecule has 0 radical (unpaired) electrons. The van der Waals surface area contributed by atoms with E-state index in [1.165, 1.54) is 11.8 Å². The number of rotatable bonds is 7. The molecule has 2 aromatic carbocycles. The van der Waals surface area contributed by atoms with E-state index < -0.39 is 0 Å². The highest BCUT2D eigenvalue weighted by Gasteiger charge is 2.12. The van der Waals surface area contributed by atoms with Crippen LogP contribution in [0.2, 0.25) is 5.02 Å². The molecule has 1 N–H and O–H groups in total. The van der Waals surface area contributed by atoms with Gasteiger partial charge in [0.15, 0.2) is 6.61 Å². The minimum absolute atomic E-state index is 0.144. The first-order valence-corrected chi connectivity index (χ1v) is 9.99. The topological polar surface area (TPSA) is 77.2 Å². The zero-order valence-corrected chi connectivity index (χ0v) is 17.4. The molecule has 0 spiro atoms. The largest absolute Gasteiger partial charge is 0.484 e. The van der Waals surface area contributed by atoms with Crippen molar-refractivity contribution in [3.05, 3.63) is 64.0 Å². The smallest absolute Gasteiger partial charge is 0.277 e. The summed E-state index contributed by atoms with van der Waals surface area (Å²) in [6, 6.07) is 11.2. The number of hydrogen-bond donors (Lipinski definition) is 1. The molecule has 1 amide bonds. The second kappa shape index (κ2) is 9.12. The lowest BCUT2D eigenvalue weighted by Gasteiger charge is -2.09. The summed E-state index contributed by atoms with van der Waals surface area (Å²) in [6.45, 7) is 6.05. The van der Waals surface area contributed by atoms with E-state index in [0.717, 1.165) is 22.4 Å².